The van der Waals surface area contributed by atoms with E-state index in [2.05, 4.69) is 6.92 Å². The highest BCUT2D eigenvalue weighted by molar-refractivity contribution is 6.14. The molecule has 1 N–H and O–H groups in total. The van der Waals surface area contributed by atoms with Crippen LogP contribution < -0.4 is 0 Å². The second-order valence-electron chi connectivity index (χ2n) is 6.01. The molecule has 1 aliphatic heterocycles. The summed E-state index contributed by atoms with van der Waals surface area (Å²) in [6, 6.07) is 10.5. The minimum atomic E-state index is -1.00. The largest absolute Gasteiger partial charge is 0.478 e. The van der Waals surface area contributed by atoms with Crippen LogP contribution in [0.3, 0.4) is 0 Å². The number of fused-ring (bicyclic) bond motifs is 1. The Morgan fingerprint density at radius 3 is 2.45 bits per heavy atom. The fourth-order valence-electron chi connectivity index (χ4n) is 3.24. The summed E-state index contributed by atoms with van der Waals surface area (Å²) in [5, 5.41) is 10.7. The Hall–Kier alpha value is -2.36. The average Bonchev–Trinajstić information content (AvgIpc) is 2.53. The maximum absolute atomic E-state index is 12.9. The van der Waals surface area contributed by atoms with E-state index >= 15 is 0 Å². The normalized spacial score (nSPS) is 18.4. The average molecular weight is 297 g/mol. The van der Waals surface area contributed by atoms with Gasteiger partial charge in [-0.15, -0.1) is 0 Å². The van der Waals surface area contributed by atoms with Gasteiger partial charge in [-0.3, -0.25) is 4.79 Å². The predicted octanol–water partition coefficient (Wildman–Crippen LogP) is 3.41. The van der Waals surface area contributed by atoms with Gasteiger partial charge in [0.2, 0.25) is 0 Å². The fourth-order valence-corrected chi connectivity index (χ4v) is 3.24. The monoisotopic (exact) mass is 297 g/mol. The molecular weight excluding hydrogens is 278 g/mol. The minimum absolute atomic E-state index is 0.0640. The summed E-state index contributed by atoms with van der Waals surface area (Å²) >= 11 is 0. The number of carboxylic acid groups (broad SMARTS) is 1. The summed E-state index contributed by atoms with van der Waals surface area (Å²) in [5.41, 5.74) is 0.677. The highest BCUT2D eigenvalue weighted by Gasteiger charge is 2.24. The predicted molar refractivity (Wildman–Crippen MR) is 85.2 cm³/mol. The highest BCUT2D eigenvalue weighted by atomic mass is 16.4. The van der Waals surface area contributed by atoms with Crippen LogP contribution in [0, 0.1) is 5.92 Å². The molecule has 0 saturated carbocycles. The Bertz CT molecular complexity index is 733. The number of likely N-dealkylation sites (tertiary alicyclic amines) is 1. The maximum Gasteiger partial charge on any atom is 0.336 e. The highest BCUT2D eigenvalue weighted by Crippen LogP contribution is 2.26. The fraction of sp³-hybridized carbons (Fsp3) is 0.333. The van der Waals surface area contributed by atoms with Gasteiger partial charge in [-0.2, -0.15) is 0 Å². The number of piperidine rings is 1. The van der Waals surface area contributed by atoms with E-state index in [0.717, 1.165) is 31.3 Å². The van der Waals surface area contributed by atoms with Crippen LogP contribution in [0.5, 0.6) is 0 Å². The number of rotatable bonds is 2. The Morgan fingerprint density at radius 1 is 1.14 bits per heavy atom. The van der Waals surface area contributed by atoms with E-state index in [-0.39, 0.29) is 11.5 Å². The molecule has 114 valence electrons. The Kier molecular flexibility index (Phi) is 3.84. The van der Waals surface area contributed by atoms with Crippen molar-refractivity contribution in [1.82, 2.24) is 4.90 Å². The van der Waals surface area contributed by atoms with Crippen LogP contribution >= 0.6 is 0 Å². The van der Waals surface area contributed by atoms with Crippen molar-refractivity contribution in [3.05, 3.63) is 47.5 Å². The third-order valence-corrected chi connectivity index (χ3v) is 4.31. The molecule has 1 unspecified atom stereocenters. The maximum atomic E-state index is 12.9. The molecule has 0 aliphatic carbocycles. The lowest BCUT2D eigenvalue weighted by Crippen LogP contribution is -2.39. The molecular formula is C18H19NO3. The van der Waals surface area contributed by atoms with E-state index in [1.807, 2.05) is 23.1 Å². The molecule has 4 nitrogen and oxygen atoms in total. The Balaban J connectivity index is 2.10. The first kappa shape index (κ1) is 14.6. The van der Waals surface area contributed by atoms with Crippen molar-refractivity contribution in [3.8, 4) is 0 Å². The smallest absolute Gasteiger partial charge is 0.336 e. The van der Waals surface area contributed by atoms with Crippen molar-refractivity contribution in [2.75, 3.05) is 13.1 Å². The van der Waals surface area contributed by atoms with Crippen molar-refractivity contribution in [2.45, 2.75) is 19.8 Å². The van der Waals surface area contributed by atoms with Crippen molar-refractivity contribution in [2.24, 2.45) is 5.92 Å². The molecule has 2 aromatic rings. The standard InChI is InChI=1S/C18H19NO3/c1-12-5-4-10-19(11-12)17(20)14-8-2-6-13-7-3-9-15(16(13)14)18(21)22/h2-3,6-9,12H,4-5,10-11H2,1H3,(H,21,22). The van der Waals surface area contributed by atoms with Gasteiger partial charge >= 0.3 is 5.97 Å². The van der Waals surface area contributed by atoms with Crippen LogP contribution in [-0.2, 0) is 0 Å². The first-order valence-corrected chi connectivity index (χ1v) is 7.62. The molecule has 22 heavy (non-hydrogen) atoms. The molecule has 2 aromatic carbocycles. The second-order valence-corrected chi connectivity index (χ2v) is 6.01. The van der Waals surface area contributed by atoms with Gasteiger partial charge < -0.3 is 10.0 Å². The van der Waals surface area contributed by atoms with E-state index < -0.39 is 5.97 Å². The second kappa shape index (κ2) is 5.79. The molecule has 0 radical (unpaired) electrons. The summed E-state index contributed by atoms with van der Waals surface area (Å²) in [6.07, 6.45) is 2.14. The number of hydrogen-bond donors (Lipinski definition) is 1. The third kappa shape index (κ3) is 2.56. The van der Waals surface area contributed by atoms with Crippen LogP contribution in [0.25, 0.3) is 10.8 Å². The number of carbonyl (C=O) groups excluding carboxylic acids is 1. The molecule has 1 atom stereocenters. The van der Waals surface area contributed by atoms with E-state index in [1.165, 1.54) is 0 Å². The first-order chi connectivity index (χ1) is 10.6. The number of nitrogens with zero attached hydrogens (tertiary/aromatic N) is 1. The third-order valence-electron chi connectivity index (χ3n) is 4.31. The summed E-state index contributed by atoms with van der Waals surface area (Å²) < 4.78 is 0. The molecule has 0 spiro atoms. The molecule has 0 bridgehead atoms. The van der Waals surface area contributed by atoms with Gasteiger partial charge in [-0.25, -0.2) is 4.79 Å². The summed E-state index contributed by atoms with van der Waals surface area (Å²) in [6.45, 7) is 3.63. The number of carboxylic acids is 1. The quantitative estimate of drug-likeness (QED) is 0.924. The molecule has 1 amide bonds. The number of amides is 1. The lowest BCUT2D eigenvalue weighted by molar-refractivity contribution is 0.0685. The number of carbonyl (C=O) groups is 2. The van der Waals surface area contributed by atoms with Gasteiger partial charge in [-0.1, -0.05) is 31.2 Å². The van der Waals surface area contributed by atoms with Crippen LogP contribution in [-0.4, -0.2) is 35.0 Å². The van der Waals surface area contributed by atoms with Gasteiger partial charge in [0.1, 0.15) is 0 Å². The lowest BCUT2D eigenvalue weighted by atomic mass is 9.96. The van der Waals surface area contributed by atoms with Gasteiger partial charge in [0, 0.05) is 24.0 Å². The molecule has 1 saturated heterocycles. The number of hydrogen-bond acceptors (Lipinski definition) is 2. The molecule has 1 heterocycles. The molecule has 3 rings (SSSR count). The first-order valence-electron chi connectivity index (χ1n) is 7.62. The van der Waals surface area contributed by atoms with Crippen LogP contribution in [0.4, 0.5) is 0 Å². The molecule has 4 heteroatoms. The molecule has 1 fully saturated rings. The zero-order valence-electron chi connectivity index (χ0n) is 12.6. The SMILES string of the molecule is CC1CCCN(C(=O)c2cccc3cccc(C(=O)O)c23)C1. The van der Waals surface area contributed by atoms with Gasteiger partial charge in [-0.05, 0) is 36.3 Å². The van der Waals surface area contributed by atoms with E-state index in [9.17, 15) is 14.7 Å². The lowest BCUT2D eigenvalue weighted by Gasteiger charge is -2.31. The van der Waals surface area contributed by atoms with E-state index in [4.69, 9.17) is 0 Å². The zero-order chi connectivity index (χ0) is 15.7. The minimum Gasteiger partial charge on any atom is -0.478 e. The van der Waals surface area contributed by atoms with Gasteiger partial charge in [0.25, 0.3) is 5.91 Å². The summed E-state index contributed by atoms with van der Waals surface area (Å²) in [5.74, 6) is -0.574. The van der Waals surface area contributed by atoms with Gasteiger partial charge in [0.05, 0.1) is 5.56 Å². The van der Waals surface area contributed by atoms with Crippen molar-refractivity contribution in [1.29, 1.82) is 0 Å². The van der Waals surface area contributed by atoms with E-state index in [1.54, 1.807) is 18.2 Å². The van der Waals surface area contributed by atoms with Crippen LogP contribution in [0.15, 0.2) is 36.4 Å². The van der Waals surface area contributed by atoms with E-state index in [0.29, 0.717) is 16.9 Å². The van der Waals surface area contributed by atoms with Crippen molar-refractivity contribution in [3.63, 3.8) is 0 Å². The Labute approximate surface area is 129 Å². The topological polar surface area (TPSA) is 57.6 Å². The van der Waals surface area contributed by atoms with Crippen molar-refractivity contribution >= 4 is 22.6 Å². The molecule has 0 aromatic heterocycles. The Morgan fingerprint density at radius 2 is 1.82 bits per heavy atom. The number of aromatic carboxylic acids is 1. The molecule has 1 aliphatic rings. The summed E-state index contributed by atoms with van der Waals surface area (Å²) in [4.78, 5) is 26.2. The van der Waals surface area contributed by atoms with Crippen molar-refractivity contribution < 1.29 is 14.7 Å². The van der Waals surface area contributed by atoms with Crippen LogP contribution in [0.2, 0.25) is 0 Å². The zero-order valence-corrected chi connectivity index (χ0v) is 12.6. The number of benzene rings is 2. The summed E-state index contributed by atoms with van der Waals surface area (Å²) in [7, 11) is 0. The van der Waals surface area contributed by atoms with Gasteiger partial charge in [0.15, 0.2) is 0 Å². The van der Waals surface area contributed by atoms with Crippen LogP contribution in [0.1, 0.15) is 40.5 Å².